The number of nitrogens with two attached hydrogens (primary N) is 1. The molecule has 1 aromatic rings. The van der Waals surface area contributed by atoms with Crippen LogP contribution in [-0.2, 0) is 22.7 Å². The van der Waals surface area contributed by atoms with Crippen LogP contribution < -0.4 is 11.1 Å². The number of rotatable bonds is 7. The van der Waals surface area contributed by atoms with Gasteiger partial charge < -0.3 is 20.9 Å². The van der Waals surface area contributed by atoms with Gasteiger partial charge in [0.1, 0.15) is 0 Å². The molecule has 7 nitrogen and oxygen atoms in total. The third kappa shape index (κ3) is 7.14. The lowest BCUT2D eigenvalue weighted by molar-refractivity contribution is -0.128. The second kappa shape index (κ2) is 12.1. The summed E-state index contributed by atoms with van der Waals surface area (Å²) in [5.74, 6) is 1.21. The average molecular weight is 527 g/mol. The highest BCUT2D eigenvalue weighted by atomic mass is 127. The zero-order valence-electron chi connectivity index (χ0n) is 17.8. The predicted molar refractivity (Wildman–Crippen MR) is 129 cm³/mol. The number of nitrogens with zero attached hydrogens (tertiary/aromatic N) is 3. The number of halogens is 1. The molecule has 3 rings (SSSR count). The van der Waals surface area contributed by atoms with Gasteiger partial charge >= 0.3 is 0 Å². The number of hydrogen-bond donors (Lipinski definition) is 2. The molecule has 0 bridgehead atoms. The Bertz CT molecular complexity index is 755. The van der Waals surface area contributed by atoms with Crippen LogP contribution in [0.2, 0.25) is 0 Å². The van der Waals surface area contributed by atoms with E-state index in [1.54, 1.807) is 0 Å². The van der Waals surface area contributed by atoms with Crippen LogP contribution in [0.5, 0.6) is 0 Å². The van der Waals surface area contributed by atoms with E-state index in [1.165, 1.54) is 0 Å². The molecule has 0 aromatic heterocycles. The minimum atomic E-state index is -0.230. The van der Waals surface area contributed by atoms with Crippen LogP contribution in [0.1, 0.15) is 50.2 Å². The van der Waals surface area contributed by atoms with E-state index in [-0.39, 0.29) is 35.8 Å². The zero-order valence-corrected chi connectivity index (χ0v) is 20.1. The van der Waals surface area contributed by atoms with Gasteiger partial charge in [-0.3, -0.25) is 9.59 Å². The van der Waals surface area contributed by atoms with Crippen molar-refractivity contribution in [3.8, 4) is 0 Å². The highest BCUT2D eigenvalue weighted by Crippen LogP contribution is 2.20. The summed E-state index contributed by atoms with van der Waals surface area (Å²) in [6.07, 6.45) is 4.15. The summed E-state index contributed by atoms with van der Waals surface area (Å²) in [5.41, 5.74) is 7.68. The van der Waals surface area contributed by atoms with Crippen LogP contribution in [0.4, 0.5) is 0 Å². The summed E-state index contributed by atoms with van der Waals surface area (Å²) >= 11 is 0. The zero-order chi connectivity index (χ0) is 20.6. The fraction of sp³-hybridized carbons (Fsp3) is 0.591. The Morgan fingerprint density at radius 1 is 1.27 bits per heavy atom. The number of benzene rings is 1. The first kappa shape index (κ1) is 24.4. The molecule has 1 atom stereocenters. The van der Waals surface area contributed by atoms with Crippen LogP contribution in [0.15, 0.2) is 29.3 Å². The standard InChI is InChI=1S/C22H33N5O2.HI/c1-2-24-22(27-11-4-8-19(16-27)13-20(23)28)25-14-17-6-3-7-18(12-17)15-26-10-5-9-21(26)29;/h3,6-7,12,19H,2,4-5,8-11,13-16H2,1H3,(H2,23,28)(H,24,25);1H. The molecule has 0 aliphatic carbocycles. The first-order valence-corrected chi connectivity index (χ1v) is 10.7. The highest BCUT2D eigenvalue weighted by Gasteiger charge is 2.23. The van der Waals surface area contributed by atoms with E-state index in [9.17, 15) is 9.59 Å². The molecule has 8 heteroatoms. The summed E-state index contributed by atoms with van der Waals surface area (Å²) in [7, 11) is 0. The molecule has 1 unspecified atom stereocenters. The van der Waals surface area contributed by atoms with Crippen molar-refractivity contribution >= 4 is 41.8 Å². The lowest BCUT2D eigenvalue weighted by Gasteiger charge is -2.34. The van der Waals surface area contributed by atoms with Gasteiger partial charge in [0.2, 0.25) is 11.8 Å². The Morgan fingerprint density at radius 3 is 2.77 bits per heavy atom. The molecule has 3 N–H and O–H groups in total. The number of carbonyl (C=O) groups excluding carboxylic acids is 2. The maximum Gasteiger partial charge on any atom is 0.222 e. The van der Waals surface area contributed by atoms with Crippen molar-refractivity contribution in [1.82, 2.24) is 15.1 Å². The maximum atomic E-state index is 11.9. The number of piperidine rings is 1. The first-order valence-electron chi connectivity index (χ1n) is 10.7. The van der Waals surface area contributed by atoms with E-state index in [2.05, 4.69) is 35.3 Å². The lowest BCUT2D eigenvalue weighted by Crippen LogP contribution is -2.47. The molecule has 2 aliphatic rings. The quantitative estimate of drug-likeness (QED) is 0.324. The third-order valence-electron chi connectivity index (χ3n) is 5.59. The SMILES string of the molecule is CCNC(=NCc1cccc(CN2CCCC2=O)c1)N1CCCC(CC(N)=O)C1.I. The second-order valence-electron chi connectivity index (χ2n) is 8.03. The van der Waals surface area contributed by atoms with E-state index in [4.69, 9.17) is 10.7 Å². The smallest absolute Gasteiger partial charge is 0.222 e. The molecule has 0 saturated carbocycles. The molecule has 2 heterocycles. The van der Waals surface area contributed by atoms with Gasteiger partial charge in [-0.15, -0.1) is 24.0 Å². The van der Waals surface area contributed by atoms with E-state index < -0.39 is 0 Å². The molecular weight excluding hydrogens is 493 g/mol. The Morgan fingerprint density at radius 2 is 2.07 bits per heavy atom. The molecule has 0 spiro atoms. The summed E-state index contributed by atoms with van der Waals surface area (Å²) in [6, 6.07) is 8.33. The van der Waals surface area contributed by atoms with Gasteiger partial charge in [0.05, 0.1) is 6.54 Å². The molecule has 2 aliphatic heterocycles. The fourth-order valence-electron chi connectivity index (χ4n) is 4.22. The average Bonchev–Trinajstić information content (AvgIpc) is 3.09. The van der Waals surface area contributed by atoms with Gasteiger partial charge in [0.15, 0.2) is 5.96 Å². The number of aliphatic imine (C=N–C) groups is 1. The van der Waals surface area contributed by atoms with Crippen molar-refractivity contribution < 1.29 is 9.59 Å². The number of guanidine groups is 1. The predicted octanol–water partition coefficient (Wildman–Crippen LogP) is 2.48. The fourth-order valence-corrected chi connectivity index (χ4v) is 4.22. The van der Waals surface area contributed by atoms with E-state index in [1.807, 2.05) is 11.0 Å². The molecule has 166 valence electrons. The number of carbonyl (C=O) groups is 2. The van der Waals surface area contributed by atoms with Gasteiger partial charge in [0, 0.05) is 45.6 Å². The van der Waals surface area contributed by atoms with Crippen LogP contribution in [-0.4, -0.2) is 53.8 Å². The summed E-state index contributed by atoms with van der Waals surface area (Å²) < 4.78 is 0. The summed E-state index contributed by atoms with van der Waals surface area (Å²) in [6.45, 7) is 6.73. The molecule has 2 fully saturated rings. The number of primary amides is 1. The third-order valence-corrected chi connectivity index (χ3v) is 5.59. The van der Waals surface area contributed by atoms with Gasteiger partial charge in [-0.1, -0.05) is 24.3 Å². The number of hydrogen-bond acceptors (Lipinski definition) is 3. The summed E-state index contributed by atoms with van der Waals surface area (Å²) in [5, 5.41) is 3.38. The van der Waals surface area contributed by atoms with Gasteiger partial charge in [0.25, 0.3) is 0 Å². The van der Waals surface area contributed by atoms with Crippen molar-refractivity contribution in [3.05, 3.63) is 35.4 Å². The normalized spacial score (nSPS) is 19.6. The van der Waals surface area contributed by atoms with Crippen LogP contribution in [0, 0.1) is 5.92 Å². The van der Waals surface area contributed by atoms with Crippen molar-refractivity contribution in [2.75, 3.05) is 26.2 Å². The molecule has 2 amide bonds. The van der Waals surface area contributed by atoms with Crippen LogP contribution >= 0.6 is 24.0 Å². The van der Waals surface area contributed by atoms with Crippen molar-refractivity contribution in [1.29, 1.82) is 0 Å². The number of amides is 2. The number of nitrogens with one attached hydrogen (secondary N) is 1. The molecule has 30 heavy (non-hydrogen) atoms. The molecule has 1 aromatic carbocycles. The Hall–Kier alpha value is -1.84. The largest absolute Gasteiger partial charge is 0.370 e. The topological polar surface area (TPSA) is 91.0 Å². The van der Waals surface area contributed by atoms with Gasteiger partial charge in [-0.25, -0.2) is 4.99 Å². The van der Waals surface area contributed by atoms with Crippen LogP contribution in [0.3, 0.4) is 0 Å². The minimum Gasteiger partial charge on any atom is -0.370 e. The lowest BCUT2D eigenvalue weighted by atomic mass is 9.95. The Balaban J connectivity index is 0.00000320. The second-order valence-corrected chi connectivity index (χ2v) is 8.03. The van der Waals surface area contributed by atoms with Gasteiger partial charge in [-0.05, 0) is 43.2 Å². The van der Waals surface area contributed by atoms with Crippen molar-refractivity contribution in [2.24, 2.45) is 16.6 Å². The monoisotopic (exact) mass is 527 g/mol. The molecular formula is C22H34IN5O2. The Kier molecular flexibility index (Phi) is 9.87. The van der Waals surface area contributed by atoms with Crippen molar-refractivity contribution in [3.63, 3.8) is 0 Å². The van der Waals surface area contributed by atoms with E-state index in [0.29, 0.717) is 31.8 Å². The number of likely N-dealkylation sites (tertiary alicyclic amines) is 2. The van der Waals surface area contributed by atoms with Gasteiger partial charge in [-0.2, -0.15) is 0 Å². The van der Waals surface area contributed by atoms with E-state index >= 15 is 0 Å². The minimum absolute atomic E-state index is 0. The molecule has 0 radical (unpaired) electrons. The Labute approximate surface area is 196 Å². The first-order chi connectivity index (χ1) is 14.0. The van der Waals surface area contributed by atoms with Crippen LogP contribution in [0.25, 0.3) is 0 Å². The highest BCUT2D eigenvalue weighted by molar-refractivity contribution is 14.0. The van der Waals surface area contributed by atoms with E-state index in [0.717, 1.165) is 62.5 Å². The van der Waals surface area contributed by atoms with Crippen molar-refractivity contribution in [2.45, 2.75) is 52.1 Å². The molecule has 2 saturated heterocycles. The summed E-state index contributed by atoms with van der Waals surface area (Å²) in [4.78, 5) is 32.2. The maximum absolute atomic E-state index is 11.9.